The molecule has 1 atom stereocenters. The van der Waals surface area contributed by atoms with E-state index in [9.17, 15) is 13.2 Å². The average Bonchev–Trinajstić information content (AvgIpc) is 2.79. The standard InChI is InChI=1S/C11H15F3N2O.2ClH/c12-11(13,14)7-10(9-1-6-17-8-9)16-4-2-15-3-5-16;;/h1,6,8,10,15H,2-5,7H2;2*1H/t10-;;/m0../s1. The van der Waals surface area contributed by atoms with Gasteiger partial charge >= 0.3 is 6.18 Å². The van der Waals surface area contributed by atoms with Crippen molar-refractivity contribution in [1.82, 2.24) is 10.2 Å². The number of alkyl halides is 3. The largest absolute Gasteiger partial charge is 0.472 e. The maximum atomic E-state index is 12.6. The van der Waals surface area contributed by atoms with E-state index in [2.05, 4.69) is 5.32 Å². The second-order valence-electron chi connectivity index (χ2n) is 4.18. The second-order valence-corrected chi connectivity index (χ2v) is 4.18. The minimum atomic E-state index is -4.16. The lowest BCUT2D eigenvalue weighted by Crippen LogP contribution is -2.46. The Labute approximate surface area is 122 Å². The summed E-state index contributed by atoms with van der Waals surface area (Å²) in [6.45, 7) is 2.72. The van der Waals surface area contributed by atoms with E-state index >= 15 is 0 Å². The number of furan rings is 1. The van der Waals surface area contributed by atoms with Gasteiger partial charge in [-0.05, 0) is 6.07 Å². The van der Waals surface area contributed by atoms with Crippen molar-refractivity contribution in [2.24, 2.45) is 0 Å². The number of rotatable bonds is 3. The van der Waals surface area contributed by atoms with Gasteiger partial charge in [0.05, 0.1) is 18.9 Å². The Balaban J connectivity index is 0.00000162. The smallest absolute Gasteiger partial charge is 0.390 e. The van der Waals surface area contributed by atoms with E-state index in [0.29, 0.717) is 18.7 Å². The van der Waals surface area contributed by atoms with Gasteiger partial charge in [-0.2, -0.15) is 13.2 Å². The average molecular weight is 321 g/mol. The fourth-order valence-electron chi connectivity index (χ4n) is 2.14. The molecular formula is C11H17Cl2F3N2O. The molecule has 8 heteroatoms. The van der Waals surface area contributed by atoms with Crippen molar-refractivity contribution < 1.29 is 17.6 Å². The maximum Gasteiger partial charge on any atom is 0.390 e. The molecule has 2 rings (SSSR count). The summed E-state index contributed by atoms with van der Waals surface area (Å²) in [7, 11) is 0. The Morgan fingerprint density at radius 2 is 1.89 bits per heavy atom. The van der Waals surface area contributed by atoms with E-state index in [1.54, 1.807) is 6.07 Å². The molecule has 1 saturated heterocycles. The zero-order valence-corrected chi connectivity index (χ0v) is 11.8. The Morgan fingerprint density at radius 3 is 2.37 bits per heavy atom. The van der Waals surface area contributed by atoms with Crippen LogP contribution in [0.3, 0.4) is 0 Å². The molecule has 0 radical (unpaired) electrons. The molecule has 1 aliphatic heterocycles. The van der Waals surface area contributed by atoms with Crippen LogP contribution in [0.5, 0.6) is 0 Å². The first-order chi connectivity index (χ1) is 8.06. The van der Waals surface area contributed by atoms with E-state index in [1.165, 1.54) is 12.5 Å². The van der Waals surface area contributed by atoms with Gasteiger partial charge in [-0.15, -0.1) is 24.8 Å². The van der Waals surface area contributed by atoms with E-state index in [4.69, 9.17) is 4.42 Å². The van der Waals surface area contributed by atoms with Crippen molar-refractivity contribution in [3.63, 3.8) is 0 Å². The summed E-state index contributed by atoms with van der Waals surface area (Å²) in [5.74, 6) is 0. The fourth-order valence-corrected chi connectivity index (χ4v) is 2.14. The highest BCUT2D eigenvalue weighted by atomic mass is 35.5. The molecular weight excluding hydrogens is 304 g/mol. The van der Waals surface area contributed by atoms with Crippen LogP contribution >= 0.6 is 24.8 Å². The number of hydrogen-bond acceptors (Lipinski definition) is 3. The highest BCUT2D eigenvalue weighted by Crippen LogP contribution is 2.34. The number of piperazine rings is 1. The molecule has 0 saturated carbocycles. The van der Waals surface area contributed by atoms with Gasteiger partial charge in [-0.3, -0.25) is 4.90 Å². The third-order valence-corrected chi connectivity index (χ3v) is 2.95. The Hall–Kier alpha value is -0.430. The third-order valence-electron chi connectivity index (χ3n) is 2.95. The topological polar surface area (TPSA) is 28.4 Å². The molecule has 3 nitrogen and oxygen atoms in total. The number of halogens is 5. The van der Waals surface area contributed by atoms with Gasteiger partial charge in [-0.1, -0.05) is 0 Å². The predicted octanol–water partition coefficient (Wildman–Crippen LogP) is 3.02. The molecule has 1 aromatic heterocycles. The van der Waals surface area contributed by atoms with Crippen LogP contribution in [0.25, 0.3) is 0 Å². The van der Waals surface area contributed by atoms with Crippen molar-refractivity contribution >= 4 is 24.8 Å². The van der Waals surface area contributed by atoms with Crippen molar-refractivity contribution in [3.05, 3.63) is 24.2 Å². The molecule has 0 bridgehead atoms. The van der Waals surface area contributed by atoms with Gasteiger partial charge < -0.3 is 9.73 Å². The van der Waals surface area contributed by atoms with Crippen LogP contribution in [0.15, 0.2) is 23.0 Å². The summed E-state index contributed by atoms with van der Waals surface area (Å²) in [5.41, 5.74) is 0.601. The van der Waals surface area contributed by atoms with Crippen molar-refractivity contribution in [1.29, 1.82) is 0 Å². The lowest BCUT2D eigenvalue weighted by molar-refractivity contribution is -0.148. The molecule has 1 fully saturated rings. The van der Waals surface area contributed by atoms with Crippen LogP contribution in [-0.4, -0.2) is 37.3 Å². The quantitative estimate of drug-likeness (QED) is 0.928. The zero-order chi connectivity index (χ0) is 12.3. The molecule has 0 aliphatic carbocycles. The minimum absolute atomic E-state index is 0. The van der Waals surface area contributed by atoms with Crippen molar-refractivity contribution in [2.45, 2.75) is 18.6 Å². The van der Waals surface area contributed by atoms with Crippen molar-refractivity contribution in [3.8, 4) is 0 Å². The van der Waals surface area contributed by atoms with Gasteiger partial charge in [0.1, 0.15) is 0 Å². The maximum absolute atomic E-state index is 12.6. The molecule has 1 aromatic rings. The normalized spacial score (nSPS) is 18.3. The Morgan fingerprint density at radius 1 is 1.26 bits per heavy atom. The van der Waals surface area contributed by atoms with Crippen LogP contribution in [0, 0.1) is 0 Å². The minimum Gasteiger partial charge on any atom is -0.472 e. The Bertz CT molecular complexity index is 340. The molecule has 19 heavy (non-hydrogen) atoms. The lowest BCUT2D eigenvalue weighted by atomic mass is 10.0. The van der Waals surface area contributed by atoms with Crippen LogP contribution in [0.4, 0.5) is 13.2 Å². The summed E-state index contributed by atoms with van der Waals surface area (Å²) in [6.07, 6.45) is -2.17. The summed E-state index contributed by atoms with van der Waals surface area (Å²) in [4.78, 5) is 1.86. The van der Waals surface area contributed by atoms with Crippen LogP contribution < -0.4 is 5.32 Å². The highest BCUT2D eigenvalue weighted by Gasteiger charge is 2.36. The second kappa shape index (κ2) is 7.99. The highest BCUT2D eigenvalue weighted by molar-refractivity contribution is 5.85. The first-order valence-electron chi connectivity index (χ1n) is 5.60. The molecule has 0 amide bonds. The lowest BCUT2D eigenvalue weighted by Gasteiger charge is -2.34. The number of hydrogen-bond donors (Lipinski definition) is 1. The van der Waals surface area contributed by atoms with Gasteiger partial charge in [0, 0.05) is 37.8 Å². The summed E-state index contributed by atoms with van der Waals surface area (Å²) in [5, 5.41) is 3.13. The Kier molecular flexibility index (Phi) is 7.81. The monoisotopic (exact) mass is 320 g/mol. The molecule has 0 spiro atoms. The van der Waals surface area contributed by atoms with Gasteiger partial charge in [0.25, 0.3) is 0 Å². The van der Waals surface area contributed by atoms with Crippen LogP contribution in [0.1, 0.15) is 18.0 Å². The molecule has 0 unspecified atom stereocenters. The van der Waals surface area contributed by atoms with Crippen LogP contribution in [-0.2, 0) is 0 Å². The summed E-state index contributed by atoms with van der Waals surface area (Å²) in [6, 6.07) is 0.981. The van der Waals surface area contributed by atoms with Crippen LogP contribution in [0.2, 0.25) is 0 Å². The van der Waals surface area contributed by atoms with Gasteiger partial charge in [0.2, 0.25) is 0 Å². The third kappa shape index (κ3) is 5.60. The first kappa shape index (κ1) is 18.6. The predicted molar refractivity (Wildman–Crippen MR) is 71.1 cm³/mol. The van der Waals surface area contributed by atoms with Gasteiger partial charge in [0.15, 0.2) is 0 Å². The first-order valence-corrected chi connectivity index (χ1v) is 5.60. The van der Waals surface area contributed by atoms with E-state index in [0.717, 1.165) is 13.1 Å². The SMILES string of the molecule is Cl.Cl.FC(F)(F)C[C@@H](c1ccoc1)N1CCNCC1. The summed E-state index contributed by atoms with van der Waals surface area (Å²) < 4.78 is 42.6. The fraction of sp³-hybridized carbons (Fsp3) is 0.636. The molecule has 2 heterocycles. The molecule has 1 aliphatic rings. The zero-order valence-electron chi connectivity index (χ0n) is 10.2. The molecule has 1 N–H and O–H groups in total. The molecule has 0 aromatic carbocycles. The van der Waals surface area contributed by atoms with E-state index in [1.807, 2.05) is 4.90 Å². The van der Waals surface area contributed by atoms with E-state index in [-0.39, 0.29) is 24.8 Å². The van der Waals surface area contributed by atoms with Crippen molar-refractivity contribution in [2.75, 3.05) is 26.2 Å². The summed E-state index contributed by atoms with van der Waals surface area (Å²) >= 11 is 0. The molecule has 112 valence electrons. The number of nitrogens with one attached hydrogen (secondary N) is 1. The van der Waals surface area contributed by atoms with E-state index < -0.39 is 18.6 Å². The van der Waals surface area contributed by atoms with Gasteiger partial charge in [-0.25, -0.2) is 0 Å². The number of nitrogens with zero attached hydrogens (tertiary/aromatic N) is 1.